The van der Waals surface area contributed by atoms with Crippen molar-refractivity contribution in [2.45, 2.75) is 175 Å². The molecule has 1 aliphatic heterocycles. The van der Waals surface area contributed by atoms with Crippen LogP contribution in [0.2, 0.25) is 0 Å². The Labute approximate surface area is 304 Å². The van der Waals surface area contributed by atoms with E-state index in [4.69, 9.17) is 4.74 Å². The second kappa shape index (κ2) is 15.1. The maximum Gasteiger partial charge on any atom is 2.00 e. The van der Waals surface area contributed by atoms with E-state index in [-0.39, 0.29) is 62.8 Å². The van der Waals surface area contributed by atoms with Crippen molar-refractivity contribution in [3.8, 4) is 11.5 Å². The quantitative estimate of drug-likeness (QED) is 0.173. The zero-order valence-corrected chi connectivity index (χ0v) is 36.9. The molecule has 0 bridgehead atoms. The van der Waals surface area contributed by atoms with Crippen molar-refractivity contribution >= 4 is 26.5 Å². The largest absolute Gasteiger partial charge is 2.00 e. The summed E-state index contributed by atoms with van der Waals surface area (Å²) in [7, 11) is -2.13. The number of ether oxygens (including phenoxy) is 1. The van der Waals surface area contributed by atoms with Crippen LogP contribution in [0.4, 0.5) is 8.78 Å². The van der Waals surface area contributed by atoms with E-state index in [0.717, 1.165) is 11.5 Å². The van der Waals surface area contributed by atoms with Crippen LogP contribution in [0.15, 0.2) is 24.3 Å². The molecule has 2 aromatic carbocycles. The van der Waals surface area contributed by atoms with Gasteiger partial charge < -0.3 is 19.0 Å². The summed E-state index contributed by atoms with van der Waals surface area (Å²) in [6.07, 6.45) is 0. The third-order valence-corrected chi connectivity index (χ3v) is 16.8. The normalized spacial score (nSPS) is 15.1. The molecule has 0 amide bonds. The Hall–Kier alpha value is -0.418. The molecule has 0 unspecified atom stereocenters. The molecule has 0 radical (unpaired) electrons. The van der Waals surface area contributed by atoms with Crippen molar-refractivity contribution < 1.29 is 39.4 Å². The van der Waals surface area contributed by atoms with Crippen LogP contribution in [0.1, 0.15) is 161 Å². The topological polar surface area (TPSA) is 39.2 Å². The van der Waals surface area contributed by atoms with Gasteiger partial charge in [-0.05, 0) is 124 Å². The van der Waals surface area contributed by atoms with Crippen molar-refractivity contribution in [3.05, 3.63) is 53.4 Å². The van der Waals surface area contributed by atoms with Gasteiger partial charge in [0, 0.05) is 32.4 Å². The molecule has 0 aliphatic carbocycles. The fourth-order valence-electron chi connectivity index (χ4n) is 7.76. The maximum atomic E-state index is 9.50. The number of halogens is 2. The Morgan fingerprint density at radius 1 is 0.532 bits per heavy atom. The molecular weight excluding hydrogens is 719 g/mol. The smallest absolute Gasteiger partial charge is 0.870 e. The van der Waals surface area contributed by atoms with E-state index in [0.29, 0.717) is 0 Å². The van der Waals surface area contributed by atoms with Crippen LogP contribution in [0.5, 0.6) is 11.5 Å². The van der Waals surface area contributed by atoms with Crippen LogP contribution in [-0.4, -0.2) is 26.1 Å². The fraction of sp³-hybridized carbons (Fsp3) is 0.675. The summed E-state index contributed by atoms with van der Waals surface area (Å²) in [5, 5.41) is 3.65. The number of hydrogen-bond donors (Lipinski definition) is 0. The zero-order chi connectivity index (χ0) is 35.5. The molecule has 7 heteroatoms. The molecule has 1 heterocycles. The van der Waals surface area contributed by atoms with E-state index in [9.17, 15) is 8.78 Å². The summed E-state index contributed by atoms with van der Waals surface area (Å²) in [4.78, 5) is 0. The molecule has 0 saturated carbocycles. The molecule has 0 spiro atoms. The van der Waals surface area contributed by atoms with Gasteiger partial charge in [0.15, 0.2) is 11.5 Å². The maximum absolute atomic E-state index is 9.50. The molecule has 3 rings (SSSR count). The Morgan fingerprint density at radius 2 is 0.766 bits per heavy atom. The van der Waals surface area contributed by atoms with Crippen molar-refractivity contribution in [2.24, 2.45) is 0 Å². The summed E-state index contributed by atoms with van der Waals surface area (Å²) >= 11 is 0. The molecule has 2 aromatic rings. The molecule has 0 aromatic heterocycles. The van der Waals surface area contributed by atoms with E-state index >= 15 is 0 Å². The van der Waals surface area contributed by atoms with Gasteiger partial charge in [-0.2, -0.15) is 0 Å². The first-order chi connectivity index (χ1) is 19.8. The van der Waals surface area contributed by atoms with Gasteiger partial charge in [-0.1, -0.05) is 67.5 Å². The van der Waals surface area contributed by atoms with Crippen LogP contribution < -0.4 is 15.3 Å². The predicted molar refractivity (Wildman–Crippen MR) is 206 cm³/mol. The Morgan fingerprint density at radius 3 is 0.957 bits per heavy atom. The summed E-state index contributed by atoms with van der Waals surface area (Å²) in [6.45, 7) is 47.5. The van der Waals surface area contributed by atoms with Crippen LogP contribution in [0.3, 0.4) is 0 Å². The van der Waals surface area contributed by atoms with Gasteiger partial charge in [-0.3, -0.25) is 0 Å². The predicted octanol–water partition coefficient (Wildman–Crippen LogP) is 12.5. The van der Waals surface area contributed by atoms with Crippen molar-refractivity contribution in [2.75, 3.05) is 0 Å². The van der Waals surface area contributed by atoms with Crippen LogP contribution >= 0.6 is 15.8 Å². The van der Waals surface area contributed by atoms with E-state index in [1.165, 1.54) is 32.9 Å². The monoisotopic (exact) mass is 786 g/mol. The average Bonchev–Trinajstić information content (AvgIpc) is 2.75. The minimum Gasteiger partial charge on any atom is -0.870 e. The number of fused-ring (bicyclic) bond motifs is 2. The van der Waals surface area contributed by atoms with Crippen LogP contribution in [0.25, 0.3) is 0 Å². The third-order valence-electron chi connectivity index (χ3n) is 9.00. The molecule has 1 N–H and O–H groups in total. The van der Waals surface area contributed by atoms with Gasteiger partial charge in [0.25, 0.3) is 0 Å². The zero-order valence-electron chi connectivity index (χ0n) is 33.3. The first-order valence-electron chi connectivity index (χ1n) is 16.7. The molecule has 47 heavy (non-hydrogen) atoms. The first kappa shape index (κ1) is 46.6. The van der Waals surface area contributed by atoms with Gasteiger partial charge in [0.2, 0.25) is 0 Å². The minimum atomic E-state index is -1.06. The van der Waals surface area contributed by atoms with E-state index in [1.54, 1.807) is 0 Å². The SMILES string of the molecule is CC(C)(C)c1cc([PH+](C(C)(C)C)C(C)(C)C)c2c(c1)C(C)(C)c1cc(C(C)(C)C)cc([PH+](C(C)(C)C)C(C)(C)C)c1O2.F[CH-]F.[OH-].[Pd+2]. The molecule has 0 fully saturated rings. The van der Waals surface area contributed by atoms with Crippen LogP contribution in [-0.2, 0) is 36.7 Å². The van der Waals surface area contributed by atoms with Gasteiger partial charge in [0.05, 0.1) is 20.6 Å². The molecule has 2 nitrogen and oxygen atoms in total. The minimum absolute atomic E-state index is 0. The van der Waals surface area contributed by atoms with Gasteiger partial charge in [-0.25, -0.2) is 0 Å². The van der Waals surface area contributed by atoms with E-state index in [1.807, 2.05) is 0 Å². The van der Waals surface area contributed by atoms with E-state index in [2.05, 4.69) is 163 Å². The van der Waals surface area contributed by atoms with Gasteiger partial charge in [0.1, 0.15) is 10.6 Å². The summed E-state index contributed by atoms with van der Waals surface area (Å²) < 4.78 is 26.5. The Bertz CT molecular complexity index is 1230. The standard InChI is InChI=1S/C39H64OP2.CHF2.H2O.Pd/c1-33(2,3)25-21-27-31(29(23-25)41(35(7,8)9)36(10,11)12)40-32-28(39(27,19)20)22-26(34(4,5)6)24-30(32)42(37(13,14)15)38(16,17)18;2-1-3;;/h21-24H,1-20H3;1H;1H2;/q;-1;;+2/p+1. The van der Waals surface area contributed by atoms with E-state index < -0.39 is 22.8 Å². The second-order valence-electron chi connectivity index (χ2n) is 19.9. The molecule has 0 atom stereocenters. The number of hydrogen-bond acceptors (Lipinski definition) is 2. The summed E-state index contributed by atoms with van der Waals surface area (Å²) in [5.41, 5.74) is 5.51. The fourth-order valence-corrected chi connectivity index (χ4v) is 16.9. The molecule has 272 valence electrons. The van der Waals surface area contributed by atoms with Crippen molar-refractivity contribution in [1.29, 1.82) is 0 Å². The number of rotatable bonds is 2. The Balaban J connectivity index is 0.00000407. The first-order valence-corrected chi connectivity index (χ1v) is 19.7. The summed E-state index contributed by atoms with van der Waals surface area (Å²) in [6, 6.07) is 10.1. The molecule has 1 aliphatic rings. The van der Waals surface area contributed by atoms with Gasteiger partial charge >= 0.3 is 20.4 Å². The molecular formula is C40H68F2O2P2Pd+2. The van der Waals surface area contributed by atoms with Crippen molar-refractivity contribution in [3.63, 3.8) is 0 Å². The number of benzene rings is 2. The van der Waals surface area contributed by atoms with Gasteiger partial charge in [-0.15, -0.1) is 0 Å². The average molecular weight is 787 g/mol. The second-order valence-corrected chi connectivity index (χ2v) is 28.4. The molecule has 0 saturated heterocycles. The van der Waals surface area contributed by atoms with Crippen molar-refractivity contribution in [1.82, 2.24) is 0 Å². The Kier molecular flexibility index (Phi) is 14.9. The van der Waals surface area contributed by atoms with Crippen LogP contribution in [0, 0.1) is 6.93 Å². The third kappa shape index (κ3) is 10.3. The summed E-state index contributed by atoms with van der Waals surface area (Å²) in [5.74, 6) is 2.32.